The maximum Gasteiger partial charge on any atom is 0.241 e. The van der Waals surface area contributed by atoms with Crippen molar-refractivity contribution < 1.29 is 14.4 Å². The van der Waals surface area contributed by atoms with Crippen molar-refractivity contribution in [3.8, 4) is 0 Å². The van der Waals surface area contributed by atoms with Crippen molar-refractivity contribution in [2.24, 2.45) is 0 Å². The molecule has 1 rings (SSSR count). The Hall–Kier alpha value is -0.650. The molecule has 0 saturated carbocycles. The molecule has 1 aliphatic heterocycles. The molecule has 0 radical (unpaired) electrons. The van der Waals surface area contributed by atoms with Gasteiger partial charge in [-0.05, 0) is 13.8 Å². The number of carbonyl (C=O) groups excluding carboxylic acids is 1. The van der Waals surface area contributed by atoms with Gasteiger partial charge < -0.3 is 14.5 Å². The lowest BCUT2D eigenvalue weighted by atomic mass is 10.3. The molecule has 0 spiro atoms. The second-order valence-corrected chi connectivity index (χ2v) is 3.21. The van der Waals surface area contributed by atoms with Crippen molar-refractivity contribution in [3.63, 3.8) is 0 Å². The molecule has 1 atom stereocenters. The number of hydrogen-bond acceptors (Lipinski definition) is 4. The molecule has 1 amide bonds. The van der Waals surface area contributed by atoms with Gasteiger partial charge in [-0.25, -0.2) is 0 Å². The topological polar surface area (TPSA) is 50.8 Å². The van der Waals surface area contributed by atoms with E-state index in [-0.39, 0.29) is 11.9 Å². The van der Waals surface area contributed by atoms with Crippen LogP contribution >= 0.6 is 0 Å². The fourth-order valence-electron chi connectivity index (χ4n) is 1.32. The summed E-state index contributed by atoms with van der Waals surface area (Å²) in [5.74, 6) is 0.0711. The number of morpholine rings is 1. The van der Waals surface area contributed by atoms with E-state index in [4.69, 9.17) is 9.57 Å². The summed E-state index contributed by atoms with van der Waals surface area (Å²) < 4.78 is 5.17. The van der Waals surface area contributed by atoms with Crippen molar-refractivity contribution in [1.82, 2.24) is 10.4 Å². The summed E-state index contributed by atoms with van der Waals surface area (Å²) in [6, 6.07) is -0.284. The van der Waals surface area contributed by atoms with Crippen molar-refractivity contribution in [3.05, 3.63) is 0 Å². The Kier molecular flexibility index (Phi) is 4.86. The number of amides is 1. The zero-order valence-corrected chi connectivity index (χ0v) is 8.78. The zero-order valence-electron chi connectivity index (χ0n) is 8.78. The van der Waals surface area contributed by atoms with Crippen LogP contribution in [0.2, 0.25) is 0 Å². The van der Waals surface area contributed by atoms with E-state index in [2.05, 4.69) is 5.48 Å². The Labute approximate surface area is 84.3 Å². The first-order valence-electron chi connectivity index (χ1n) is 4.99. The van der Waals surface area contributed by atoms with Crippen LogP contribution in [0.1, 0.15) is 13.8 Å². The first kappa shape index (κ1) is 11.4. The summed E-state index contributed by atoms with van der Waals surface area (Å²) in [7, 11) is 0. The molecule has 1 fully saturated rings. The predicted molar refractivity (Wildman–Crippen MR) is 51.6 cm³/mol. The molecule has 0 aliphatic carbocycles. The monoisotopic (exact) mass is 202 g/mol. The third kappa shape index (κ3) is 3.25. The van der Waals surface area contributed by atoms with Crippen LogP contribution in [0.3, 0.4) is 0 Å². The molecule has 0 aromatic rings. The van der Waals surface area contributed by atoms with Gasteiger partial charge in [0.05, 0.1) is 19.8 Å². The SMILES string of the molecule is CCONC(C)C(=O)N1CCOCC1. The molecule has 0 bridgehead atoms. The van der Waals surface area contributed by atoms with E-state index in [1.807, 2.05) is 6.92 Å². The third-order valence-electron chi connectivity index (χ3n) is 2.10. The quantitative estimate of drug-likeness (QED) is 0.640. The molecule has 5 nitrogen and oxygen atoms in total. The molecule has 82 valence electrons. The van der Waals surface area contributed by atoms with E-state index < -0.39 is 0 Å². The summed E-state index contributed by atoms with van der Waals surface area (Å²) in [6.45, 7) is 6.85. The highest BCUT2D eigenvalue weighted by Gasteiger charge is 2.21. The molecule has 14 heavy (non-hydrogen) atoms. The summed E-state index contributed by atoms with van der Waals surface area (Å²) in [4.78, 5) is 18.5. The standard InChI is InChI=1S/C9H18N2O3/c1-3-14-10-8(2)9(12)11-4-6-13-7-5-11/h8,10H,3-7H2,1-2H3. The molecule has 1 saturated heterocycles. The minimum atomic E-state index is -0.284. The molecule has 0 aromatic carbocycles. The molecule has 0 aromatic heterocycles. The van der Waals surface area contributed by atoms with E-state index >= 15 is 0 Å². The summed E-state index contributed by atoms with van der Waals surface area (Å²) in [5, 5.41) is 0. The number of hydrogen-bond donors (Lipinski definition) is 1. The second kappa shape index (κ2) is 5.95. The predicted octanol–water partition coefficient (Wildman–Crippen LogP) is -0.225. The van der Waals surface area contributed by atoms with Crippen molar-refractivity contribution >= 4 is 5.91 Å². The first-order valence-corrected chi connectivity index (χ1v) is 4.99. The van der Waals surface area contributed by atoms with Crippen molar-refractivity contribution in [2.45, 2.75) is 19.9 Å². The second-order valence-electron chi connectivity index (χ2n) is 3.21. The Morgan fingerprint density at radius 3 is 2.79 bits per heavy atom. The molecule has 1 unspecified atom stereocenters. The van der Waals surface area contributed by atoms with Crippen LogP contribution in [0.5, 0.6) is 0 Å². The Bertz CT molecular complexity index is 181. The number of ether oxygens (including phenoxy) is 1. The zero-order chi connectivity index (χ0) is 10.4. The third-order valence-corrected chi connectivity index (χ3v) is 2.10. The number of hydroxylamine groups is 1. The Balaban J connectivity index is 2.30. The van der Waals surface area contributed by atoms with Gasteiger partial charge in [0.15, 0.2) is 0 Å². The maximum atomic E-state index is 11.7. The van der Waals surface area contributed by atoms with Gasteiger partial charge in [0.25, 0.3) is 0 Å². The average Bonchev–Trinajstić information content (AvgIpc) is 2.26. The lowest BCUT2D eigenvalue weighted by Gasteiger charge is -2.29. The van der Waals surface area contributed by atoms with Crippen LogP contribution < -0.4 is 5.48 Å². The van der Waals surface area contributed by atoms with Gasteiger partial charge in [-0.1, -0.05) is 0 Å². The number of carbonyl (C=O) groups is 1. The van der Waals surface area contributed by atoms with Gasteiger partial charge in [0.1, 0.15) is 6.04 Å². The van der Waals surface area contributed by atoms with Gasteiger partial charge in [-0.2, -0.15) is 5.48 Å². The van der Waals surface area contributed by atoms with Gasteiger partial charge in [-0.15, -0.1) is 0 Å². The molecule has 5 heteroatoms. The fraction of sp³-hybridized carbons (Fsp3) is 0.889. The highest BCUT2D eigenvalue weighted by molar-refractivity contribution is 5.81. The highest BCUT2D eigenvalue weighted by atomic mass is 16.6. The number of nitrogens with one attached hydrogen (secondary N) is 1. The fourth-order valence-corrected chi connectivity index (χ4v) is 1.32. The Morgan fingerprint density at radius 2 is 2.21 bits per heavy atom. The van der Waals surface area contributed by atoms with E-state index in [0.717, 1.165) is 0 Å². The molecular weight excluding hydrogens is 184 g/mol. The minimum Gasteiger partial charge on any atom is -0.378 e. The molecular formula is C9H18N2O3. The summed E-state index contributed by atoms with van der Waals surface area (Å²) in [6.07, 6.45) is 0. The summed E-state index contributed by atoms with van der Waals surface area (Å²) >= 11 is 0. The van der Waals surface area contributed by atoms with Crippen LogP contribution in [-0.2, 0) is 14.4 Å². The smallest absolute Gasteiger partial charge is 0.241 e. The molecule has 1 N–H and O–H groups in total. The summed E-state index contributed by atoms with van der Waals surface area (Å²) in [5.41, 5.74) is 2.70. The largest absolute Gasteiger partial charge is 0.378 e. The van der Waals surface area contributed by atoms with Gasteiger partial charge in [-0.3, -0.25) is 4.79 Å². The van der Waals surface area contributed by atoms with Gasteiger partial charge in [0, 0.05) is 13.1 Å². The van der Waals surface area contributed by atoms with Gasteiger partial charge in [0.2, 0.25) is 5.91 Å². The lowest BCUT2D eigenvalue weighted by molar-refractivity contribution is -0.141. The number of rotatable bonds is 4. The number of nitrogens with zero attached hydrogens (tertiary/aromatic N) is 1. The van der Waals surface area contributed by atoms with Crippen molar-refractivity contribution in [1.29, 1.82) is 0 Å². The van der Waals surface area contributed by atoms with Crippen LogP contribution in [0.4, 0.5) is 0 Å². The molecule has 1 heterocycles. The van der Waals surface area contributed by atoms with E-state index in [1.54, 1.807) is 11.8 Å². The first-order chi connectivity index (χ1) is 6.75. The normalized spacial score (nSPS) is 19.4. The van der Waals surface area contributed by atoms with Crippen LogP contribution in [-0.4, -0.2) is 49.8 Å². The van der Waals surface area contributed by atoms with Gasteiger partial charge >= 0.3 is 0 Å². The molecule has 1 aliphatic rings. The Morgan fingerprint density at radius 1 is 1.57 bits per heavy atom. The van der Waals surface area contributed by atoms with E-state index in [1.165, 1.54) is 0 Å². The lowest BCUT2D eigenvalue weighted by Crippen LogP contribution is -2.49. The van der Waals surface area contributed by atoms with Crippen LogP contribution in [0.25, 0.3) is 0 Å². The average molecular weight is 202 g/mol. The maximum absolute atomic E-state index is 11.7. The van der Waals surface area contributed by atoms with E-state index in [9.17, 15) is 4.79 Å². The van der Waals surface area contributed by atoms with Crippen LogP contribution in [0.15, 0.2) is 0 Å². The van der Waals surface area contributed by atoms with E-state index in [0.29, 0.717) is 32.9 Å². The van der Waals surface area contributed by atoms with Crippen LogP contribution in [0, 0.1) is 0 Å². The highest BCUT2D eigenvalue weighted by Crippen LogP contribution is 2.00. The minimum absolute atomic E-state index is 0.0711. The van der Waals surface area contributed by atoms with Crippen molar-refractivity contribution in [2.75, 3.05) is 32.9 Å².